The average molecular weight is 204 g/mol. The van der Waals surface area contributed by atoms with Gasteiger partial charge in [0.1, 0.15) is 0 Å². The molecule has 1 atom stereocenters. The molecule has 2 nitrogen and oxygen atoms in total. The Bertz CT molecular complexity index is 313. The van der Waals surface area contributed by atoms with E-state index in [0.717, 1.165) is 6.54 Å². The molecule has 82 valence electrons. The molecular formula is C13H20N2. The van der Waals surface area contributed by atoms with Crippen LogP contribution < -0.4 is 5.73 Å². The quantitative estimate of drug-likeness (QED) is 0.816. The molecule has 0 bridgehead atoms. The summed E-state index contributed by atoms with van der Waals surface area (Å²) in [6, 6.07) is 11.1. The van der Waals surface area contributed by atoms with Gasteiger partial charge in [0.15, 0.2) is 0 Å². The summed E-state index contributed by atoms with van der Waals surface area (Å²) in [4.78, 5) is 2.47. The van der Waals surface area contributed by atoms with Crippen molar-refractivity contribution in [3.05, 3.63) is 35.9 Å². The fourth-order valence-corrected chi connectivity index (χ4v) is 2.29. The maximum Gasteiger partial charge on any atom is 0.0286 e. The molecule has 1 heterocycles. The van der Waals surface area contributed by atoms with E-state index in [1.807, 2.05) is 0 Å². The minimum atomic E-state index is -0.0764. The third-order valence-electron chi connectivity index (χ3n) is 3.22. The van der Waals surface area contributed by atoms with Gasteiger partial charge >= 0.3 is 0 Å². The Kier molecular flexibility index (Phi) is 2.81. The van der Waals surface area contributed by atoms with Gasteiger partial charge in [0, 0.05) is 24.7 Å². The fourth-order valence-electron chi connectivity index (χ4n) is 2.29. The molecule has 1 aliphatic rings. The second kappa shape index (κ2) is 3.95. The number of hydrogen-bond donors (Lipinski definition) is 1. The van der Waals surface area contributed by atoms with Gasteiger partial charge in [-0.25, -0.2) is 0 Å². The first-order valence-electron chi connectivity index (χ1n) is 5.64. The molecule has 2 heteroatoms. The van der Waals surface area contributed by atoms with Crippen molar-refractivity contribution in [3.63, 3.8) is 0 Å². The number of benzene rings is 1. The Morgan fingerprint density at radius 2 is 2.00 bits per heavy atom. The van der Waals surface area contributed by atoms with E-state index in [1.54, 1.807) is 0 Å². The van der Waals surface area contributed by atoms with Crippen LogP contribution in [-0.4, -0.2) is 23.0 Å². The van der Waals surface area contributed by atoms with E-state index < -0.39 is 0 Å². The molecule has 2 N–H and O–H groups in total. The zero-order valence-electron chi connectivity index (χ0n) is 9.61. The summed E-state index contributed by atoms with van der Waals surface area (Å²) in [5.74, 6) is 0. The van der Waals surface area contributed by atoms with E-state index in [4.69, 9.17) is 5.73 Å². The van der Waals surface area contributed by atoms with Gasteiger partial charge < -0.3 is 5.73 Å². The van der Waals surface area contributed by atoms with Crippen LogP contribution in [0.4, 0.5) is 0 Å². The first-order valence-corrected chi connectivity index (χ1v) is 5.64. The van der Waals surface area contributed by atoms with Crippen LogP contribution in [0.5, 0.6) is 0 Å². The number of nitrogens with zero attached hydrogens (tertiary/aromatic N) is 1. The Hall–Kier alpha value is -0.860. The molecule has 1 aromatic carbocycles. The van der Waals surface area contributed by atoms with Gasteiger partial charge in [-0.15, -0.1) is 0 Å². The van der Waals surface area contributed by atoms with Gasteiger partial charge in [-0.1, -0.05) is 30.3 Å². The van der Waals surface area contributed by atoms with Crippen molar-refractivity contribution >= 4 is 0 Å². The van der Waals surface area contributed by atoms with Crippen LogP contribution in [0.2, 0.25) is 0 Å². The normalized spacial score (nSPS) is 22.5. The monoisotopic (exact) mass is 204 g/mol. The molecule has 15 heavy (non-hydrogen) atoms. The molecule has 1 saturated heterocycles. The number of nitrogens with two attached hydrogens (primary N) is 1. The largest absolute Gasteiger partial charge is 0.324 e. The lowest BCUT2D eigenvalue weighted by atomic mass is 9.85. The number of rotatable bonds is 3. The number of likely N-dealkylation sites (tertiary alicyclic amines) is 1. The Morgan fingerprint density at radius 1 is 1.33 bits per heavy atom. The minimum Gasteiger partial charge on any atom is -0.324 e. The summed E-state index contributed by atoms with van der Waals surface area (Å²) in [7, 11) is 0. The third kappa shape index (κ3) is 2.39. The van der Waals surface area contributed by atoms with Crippen LogP contribution in [-0.2, 0) is 6.54 Å². The molecule has 2 rings (SSSR count). The van der Waals surface area contributed by atoms with Crippen molar-refractivity contribution in [1.29, 1.82) is 0 Å². The van der Waals surface area contributed by atoms with Crippen LogP contribution in [0, 0.1) is 0 Å². The smallest absolute Gasteiger partial charge is 0.0286 e. The predicted molar refractivity (Wildman–Crippen MR) is 63.5 cm³/mol. The zero-order valence-corrected chi connectivity index (χ0v) is 9.61. The average Bonchev–Trinajstić information content (AvgIpc) is 2.11. The molecule has 0 aliphatic carbocycles. The van der Waals surface area contributed by atoms with Crippen molar-refractivity contribution < 1.29 is 0 Å². The molecule has 0 aromatic heterocycles. The second-order valence-electron chi connectivity index (χ2n) is 5.08. The summed E-state index contributed by atoms with van der Waals surface area (Å²) in [6.45, 7) is 6.45. The van der Waals surface area contributed by atoms with Crippen LogP contribution in [0.25, 0.3) is 0 Å². The molecule has 0 amide bonds. The Balaban J connectivity index is 1.97. The summed E-state index contributed by atoms with van der Waals surface area (Å²) in [5, 5.41) is 0. The molecule has 1 aromatic rings. The fraction of sp³-hybridized carbons (Fsp3) is 0.538. The van der Waals surface area contributed by atoms with Gasteiger partial charge in [0.2, 0.25) is 0 Å². The summed E-state index contributed by atoms with van der Waals surface area (Å²) < 4.78 is 0. The Morgan fingerprint density at radius 3 is 2.47 bits per heavy atom. The zero-order chi connectivity index (χ0) is 10.9. The maximum absolute atomic E-state index is 6.14. The molecular weight excluding hydrogens is 184 g/mol. The van der Waals surface area contributed by atoms with Crippen LogP contribution in [0.3, 0.4) is 0 Å². The minimum absolute atomic E-state index is 0.0764. The molecule has 1 unspecified atom stereocenters. The van der Waals surface area contributed by atoms with Crippen LogP contribution in [0.1, 0.15) is 25.8 Å². The van der Waals surface area contributed by atoms with Gasteiger partial charge in [-0.05, 0) is 25.8 Å². The standard InChI is InChI=1S/C13H20N2/c1-13(2,14)12-8-9-15(12)10-11-6-4-3-5-7-11/h3-7,12H,8-10,14H2,1-2H3. The highest BCUT2D eigenvalue weighted by Crippen LogP contribution is 2.27. The molecule has 0 spiro atoms. The first-order chi connectivity index (χ1) is 7.07. The lowest BCUT2D eigenvalue weighted by Crippen LogP contribution is -2.61. The number of hydrogen-bond acceptors (Lipinski definition) is 2. The molecule has 1 aliphatic heterocycles. The molecule has 0 radical (unpaired) electrons. The third-order valence-corrected chi connectivity index (χ3v) is 3.22. The van der Waals surface area contributed by atoms with Gasteiger partial charge in [0.05, 0.1) is 0 Å². The van der Waals surface area contributed by atoms with Crippen molar-refractivity contribution in [1.82, 2.24) is 4.90 Å². The highest BCUT2D eigenvalue weighted by Gasteiger charge is 2.37. The van der Waals surface area contributed by atoms with Gasteiger partial charge in [0.25, 0.3) is 0 Å². The lowest BCUT2D eigenvalue weighted by molar-refractivity contribution is 0.0345. The SMILES string of the molecule is CC(C)(N)C1CCN1Cc1ccccc1. The van der Waals surface area contributed by atoms with Crippen molar-refractivity contribution in [2.45, 2.75) is 38.4 Å². The van der Waals surface area contributed by atoms with E-state index in [-0.39, 0.29) is 5.54 Å². The molecule has 0 saturated carbocycles. The summed E-state index contributed by atoms with van der Waals surface area (Å²) >= 11 is 0. The van der Waals surface area contributed by atoms with Crippen LogP contribution in [0.15, 0.2) is 30.3 Å². The van der Waals surface area contributed by atoms with Gasteiger partial charge in [-0.2, -0.15) is 0 Å². The van der Waals surface area contributed by atoms with Gasteiger partial charge in [-0.3, -0.25) is 4.90 Å². The second-order valence-corrected chi connectivity index (χ2v) is 5.08. The topological polar surface area (TPSA) is 29.3 Å². The lowest BCUT2D eigenvalue weighted by Gasteiger charge is -2.48. The Labute approximate surface area is 92.1 Å². The van der Waals surface area contributed by atoms with E-state index in [2.05, 4.69) is 49.1 Å². The maximum atomic E-state index is 6.14. The summed E-state index contributed by atoms with van der Waals surface area (Å²) in [5.41, 5.74) is 7.45. The van der Waals surface area contributed by atoms with E-state index in [1.165, 1.54) is 18.5 Å². The highest BCUT2D eigenvalue weighted by molar-refractivity contribution is 5.15. The van der Waals surface area contributed by atoms with E-state index in [9.17, 15) is 0 Å². The molecule has 1 fully saturated rings. The van der Waals surface area contributed by atoms with Crippen molar-refractivity contribution in [3.8, 4) is 0 Å². The highest BCUT2D eigenvalue weighted by atomic mass is 15.2. The summed E-state index contributed by atoms with van der Waals surface area (Å²) in [6.07, 6.45) is 1.23. The predicted octanol–water partition coefficient (Wildman–Crippen LogP) is 2.00. The van der Waals surface area contributed by atoms with Crippen LogP contribution >= 0.6 is 0 Å². The van der Waals surface area contributed by atoms with E-state index >= 15 is 0 Å². The van der Waals surface area contributed by atoms with Crippen molar-refractivity contribution in [2.75, 3.05) is 6.54 Å². The van der Waals surface area contributed by atoms with Crippen molar-refractivity contribution in [2.24, 2.45) is 5.73 Å². The van der Waals surface area contributed by atoms with E-state index in [0.29, 0.717) is 6.04 Å². The first kappa shape index (κ1) is 10.7.